The van der Waals surface area contributed by atoms with Gasteiger partial charge in [0.2, 0.25) is 15.9 Å². The zero-order valence-corrected chi connectivity index (χ0v) is 19.7. The van der Waals surface area contributed by atoms with Gasteiger partial charge in [-0.25, -0.2) is 18.4 Å². The number of rotatable bonds is 5. The van der Waals surface area contributed by atoms with Gasteiger partial charge >= 0.3 is 0 Å². The number of nitrogens with one attached hydrogen (secondary N) is 2. The van der Waals surface area contributed by atoms with Crippen LogP contribution in [0, 0.1) is 5.41 Å². The minimum atomic E-state index is -3.62. The van der Waals surface area contributed by atoms with Crippen molar-refractivity contribution in [2.45, 2.75) is 44.6 Å². The minimum absolute atomic E-state index is 0.0151. The Morgan fingerprint density at radius 3 is 2.25 bits per heavy atom. The van der Waals surface area contributed by atoms with Crippen molar-refractivity contribution in [3.63, 3.8) is 0 Å². The highest BCUT2D eigenvalue weighted by Crippen LogP contribution is 2.23. The first kappa shape index (κ1) is 24.1. The van der Waals surface area contributed by atoms with Crippen molar-refractivity contribution in [1.29, 1.82) is 0 Å². The Morgan fingerprint density at radius 1 is 1.06 bits per heavy atom. The highest BCUT2D eigenvalue weighted by Gasteiger charge is 2.31. The molecule has 2 N–H and O–H groups in total. The largest absolute Gasteiger partial charge is 0.348 e. The van der Waals surface area contributed by atoms with Gasteiger partial charge in [0.25, 0.3) is 5.91 Å². The summed E-state index contributed by atoms with van der Waals surface area (Å²) in [6.07, 6.45) is 3.67. The van der Waals surface area contributed by atoms with E-state index in [0.29, 0.717) is 17.9 Å². The van der Waals surface area contributed by atoms with Crippen LogP contribution in [0.25, 0.3) is 0 Å². The van der Waals surface area contributed by atoms with Gasteiger partial charge in [-0.05, 0) is 37.1 Å². The van der Waals surface area contributed by atoms with Crippen molar-refractivity contribution < 1.29 is 18.0 Å². The average molecular weight is 480 g/mol. The second-order valence-corrected chi connectivity index (χ2v) is 10.9. The number of hydrogen-bond acceptors (Lipinski definition) is 6. The quantitative estimate of drug-likeness (QED) is 0.680. The minimum Gasteiger partial charge on any atom is -0.348 e. The zero-order chi connectivity index (χ0) is 23.5. The number of anilines is 1. The summed E-state index contributed by atoms with van der Waals surface area (Å²) in [6.45, 7) is 5.80. The van der Waals surface area contributed by atoms with Crippen LogP contribution in [0.15, 0.2) is 41.6 Å². The second-order valence-electron chi connectivity index (χ2n) is 8.56. The van der Waals surface area contributed by atoms with Gasteiger partial charge in [0, 0.05) is 42.0 Å². The third-order valence-corrected chi connectivity index (χ3v) is 7.23. The predicted octanol–water partition coefficient (Wildman–Crippen LogP) is 2.70. The van der Waals surface area contributed by atoms with Gasteiger partial charge in [0.05, 0.1) is 4.90 Å². The first-order valence-electron chi connectivity index (χ1n) is 10.2. The number of sulfonamides is 1. The van der Waals surface area contributed by atoms with E-state index in [2.05, 4.69) is 20.6 Å². The molecule has 0 saturated carbocycles. The summed E-state index contributed by atoms with van der Waals surface area (Å²) in [4.78, 5) is 33.4. The molecule has 0 radical (unpaired) electrons. The lowest BCUT2D eigenvalue weighted by molar-refractivity contribution is -0.123. The average Bonchev–Trinajstić information content (AvgIpc) is 2.74. The smallest absolute Gasteiger partial charge is 0.273 e. The van der Waals surface area contributed by atoms with Crippen molar-refractivity contribution in [2.75, 3.05) is 18.4 Å². The maximum Gasteiger partial charge on any atom is 0.273 e. The van der Waals surface area contributed by atoms with E-state index in [-0.39, 0.29) is 41.4 Å². The van der Waals surface area contributed by atoms with Crippen LogP contribution in [0.3, 0.4) is 0 Å². The molecule has 1 aromatic carbocycles. The first-order valence-corrected chi connectivity index (χ1v) is 12.0. The van der Waals surface area contributed by atoms with Crippen molar-refractivity contribution >= 4 is 39.3 Å². The van der Waals surface area contributed by atoms with Crippen molar-refractivity contribution in [2.24, 2.45) is 5.41 Å². The van der Waals surface area contributed by atoms with E-state index in [1.165, 1.54) is 28.8 Å². The molecule has 1 aliphatic rings. The molecule has 172 valence electrons. The zero-order valence-electron chi connectivity index (χ0n) is 18.1. The molecule has 2 aromatic rings. The third kappa shape index (κ3) is 5.62. The van der Waals surface area contributed by atoms with Gasteiger partial charge in [0.15, 0.2) is 11.5 Å². The number of nitrogens with zero attached hydrogens (tertiary/aromatic N) is 3. The summed E-state index contributed by atoms with van der Waals surface area (Å²) < 4.78 is 27.0. The fourth-order valence-electron chi connectivity index (χ4n) is 3.14. The Bertz CT molecular complexity index is 1090. The Labute approximate surface area is 192 Å². The Kier molecular flexibility index (Phi) is 7.16. The maximum absolute atomic E-state index is 12.8. The van der Waals surface area contributed by atoms with E-state index in [9.17, 15) is 18.0 Å². The van der Waals surface area contributed by atoms with Crippen molar-refractivity contribution in [3.05, 3.63) is 47.4 Å². The summed E-state index contributed by atoms with van der Waals surface area (Å²) in [7, 11) is -3.62. The lowest BCUT2D eigenvalue weighted by atomic mass is 9.96. The van der Waals surface area contributed by atoms with Gasteiger partial charge in [0.1, 0.15) is 0 Å². The topological polar surface area (TPSA) is 121 Å². The highest BCUT2D eigenvalue weighted by molar-refractivity contribution is 7.89. The number of benzene rings is 1. The summed E-state index contributed by atoms with van der Waals surface area (Å²) in [5.74, 6) is -0.665. The number of carbonyl (C=O) groups is 2. The van der Waals surface area contributed by atoms with Gasteiger partial charge in [-0.1, -0.05) is 32.4 Å². The Balaban J connectivity index is 1.63. The molecule has 1 aromatic heterocycles. The lowest BCUT2D eigenvalue weighted by Gasteiger charge is -2.31. The SMILES string of the molecule is CC(C)(C)C(=O)Nc1nccnc1C(=O)NC1CCN(S(=O)(=O)c2ccc(Cl)cc2)CC1. The van der Waals surface area contributed by atoms with Gasteiger partial charge in [-0.3, -0.25) is 9.59 Å². The monoisotopic (exact) mass is 479 g/mol. The Morgan fingerprint density at radius 2 is 1.66 bits per heavy atom. The van der Waals surface area contributed by atoms with Crippen LogP contribution in [0.2, 0.25) is 5.02 Å². The summed E-state index contributed by atoms with van der Waals surface area (Å²) in [5, 5.41) is 5.99. The molecule has 2 amide bonds. The van der Waals surface area contributed by atoms with Gasteiger partial charge in [-0.15, -0.1) is 0 Å². The molecule has 0 unspecified atom stereocenters. The molecule has 1 aliphatic heterocycles. The predicted molar refractivity (Wildman–Crippen MR) is 121 cm³/mol. The molecule has 0 aliphatic carbocycles. The highest BCUT2D eigenvalue weighted by atomic mass is 35.5. The fraction of sp³-hybridized carbons (Fsp3) is 0.429. The van der Waals surface area contributed by atoms with E-state index >= 15 is 0 Å². The molecule has 3 rings (SSSR count). The van der Waals surface area contributed by atoms with Crippen molar-refractivity contribution in [1.82, 2.24) is 19.6 Å². The van der Waals surface area contributed by atoms with Crippen LogP contribution < -0.4 is 10.6 Å². The van der Waals surface area contributed by atoms with Crippen LogP contribution >= 0.6 is 11.6 Å². The van der Waals surface area contributed by atoms with E-state index < -0.39 is 21.3 Å². The van der Waals surface area contributed by atoms with Crippen LogP contribution in [-0.4, -0.2) is 53.6 Å². The van der Waals surface area contributed by atoms with E-state index in [1.54, 1.807) is 32.9 Å². The molecular formula is C21H26ClN5O4S. The fourth-order valence-corrected chi connectivity index (χ4v) is 4.74. The van der Waals surface area contributed by atoms with Gasteiger partial charge < -0.3 is 10.6 Å². The Hall–Kier alpha value is -2.56. The van der Waals surface area contributed by atoms with Crippen LogP contribution in [0.4, 0.5) is 5.82 Å². The molecular weight excluding hydrogens is 454 g/mol. The van der Waals surface area contributed by atoms with Crippen LogP contribution in [0.5, 0.6) is 0 Å². The van der Waals surface area contributed by atoms with Crippen molar-refractivity contribution in [3.8, 4) is 0 Å². The molecule has 0 spiro atoms. The van der Waals surface area contributed by atoms with E-state index in [4.69, 9.17) is 11.6 Å². The van der Waals surface area contributed by atoms with E-state index in [1.807, 2.05) is 0 Å². The molecule has 1 fully saturated rings. The van der Waals surface area contributed by atoms with Crippen LogP contribution in [-0.2, 0) is 14.8 Å². The number of hydrogen-bond donors (Lipinski definition) is 2. The molecule has 9 nitrogen and oxygen atoms in total. The number of aromatic nitrogens is 2. The summed E-state index contributed by atoms with van der Waals surface area (Å²) in [6, 6.07) is 5.81. The number of carbonyl (C=O) groups excluding carboxylic acids is 2. The maximum atomic E-state index is 12.8. The lowest BCUT2D eigenvalue weighted by Crippen LogP contribution is -2.46. The molecule has 32 heavy (non-hydrogen) atoms. The number of piperidine rings is 1. The van der Waals surface area contributed by atoms with Crippen LogP contribution in [0.1, 0.15) is 44.1 Å². The molecule has 2 heterocycles. The molecule has 0 atom stereocenters. The molecule has 11 heteroatoms. The number of amides is 2. The standard InChI is InChI=1S/C21H26ClN5O4S/c1-21(2,3)20(29)26-18-17(23-10-11-24-18)19(28)25-15-8-12-27(13-9-15)32(30,31)16-6-4-14(22)5-7-16/h4-7,10-11,15H,8-9,12-13H2,1-3H3,(H,25,28)(H,24,26,29). The molecule has 0 bridgehead atoms. The molecule has 1 saturated heterocycles. The third-order valence-electron chi connectivity index (χ3n) is 5.07. The van der Waals surface area contributed by atoms with Gasteiger partial charge in [-0.2, -0.15) is 4.31 Å². The normalized spacial score (nSPS) is 15.9. The second kappa shape index (κ2) is 9.51. The van der Waals surface area contributed by atoms with E-state index in [0.717, 1.165) is 0 Å². The summed E-state index contributed by atoms with van der Waals surface area (Å²) in [5.41, 5.74) is -0.644. The first-order chi connectivity index (χ1) is 15.0. The number of halogens is 1. The summed E-state index contributed by atoms with van der Waals surface area (Å²) >= 11 is 5.85.